The summed E-state index contributed by atoms with van der Waals surface area (Å²) in [5.74, 6) is 0.397. The Kier molecular flexibility index (Phi) is 4.96. The van der Waals surface area contributed by atoms with Crippen molar-refractivity contribution >= 4 is 35.2 Å². The molecule has 0 aromatic heterocycles. The molecule has 0 spiro atoms. The lowest BCUT2D eigenvalue weighted by Crippen LogP contribution is -2.43. The van der Waals surface area contributed by atoms with Crippen molar-refractivity contribution < 1.29 is 0 Å². The van der Waals surface area contributed by atoms with Crippen molar-refractivity contribution in [3.8, 4) is 0 Å². The summed E-state index contributed by atoms with van der Waals surface area (Å²) in [5.41, 5.74) is 11.4. The van der Waals surface area contributed by atoms with Crippen LogP contribution in [0.25, 0.3) is 6.08 Å². The first-order chi connectivity index (χ1) is 13.0. The van der Waals surface area contributed by atoms with Gasteiger partial charge < -0.3 is 11.1 Å². The first-order valence-electron chi connectivity index (χ1n) is 8.74. The standard InChI is InChI=1S/C21H20Cl2N4/c1-27-11-14(10-13-6-2-4-8-17(13)22)19-16(12-27)20(26-21(24)25-19)15-7-3-5-9-18(15)23/h2-10,20H,11-12H2,1H3,(H3,24,25,26)/b14-10+. The van der Waals surface area contributed by atoms with Crippen LogP contribution in [-0.2, 0) is 0 Å². The molecule has 1 unspecified atom stereocenters. The number of nitrogens with one attached hydrogen (secondary N) is 1. The van der Waals surface area contributed by atoms with Crippen molar-refractivity contribution in [2.45, 2.75) is 6.04 Å². The number of rotatable bonds is 2. The molecule has 2 aliphatic heterocycles. The van der Waals surface area contributed by atoms with Crippen LogP contribution in [-0.4, -0.2) is 31.0 Å². The van der Waals surface area contributed by atoms with Crippen molar-refractivity contribution in [1.29, 1.82) is 0 Å². The van der Waals surface area contributed by atoms with Crippen LogP contribution in [0.3, 0.4) is 0 Å². The van der Waals surface area contributed by atoms with Gasteiger partial charge in [0.2, 0.25) is 0 Å². The van der Waals surface area contributed by atoms with E-state index < -0.39 is 0 Å². The Morgan fingerprint density at radius 1 is 1.07 bits per heavy atom. The molecule has 3 N–H and O–H groups in total. The summed E-state index contributed by atoms with van der Waals surface area (Å²) < 4.78 is 0. The number of nitrogens with two attached hydrogens (primary N) is 1. The van der Waals surface area contributed by atoms with E-state index in [2.05, 4.69) is 28.3 Å². The van der Waals surface area contributed by atoms with E-state index in [0.717, 1.165) is 46.1 Å². The quantitative estimate of drug-likeness (QED) is 0.795. The number of hydrogen-bond acceptors (Lipinski definition) is 4. The SMILES string of the molecule is CN1CC2=C(NC(N)=NC2c2ccccc2Cl)/C(=C/c2ccccc2Cl)C1. The Balaban J connectivity index is 1.84. The molecule has 4 nitrogen and oxygen atoms in total. The average molecular weight is 399 g/mol. The minimum absolute atomic E-state index is 0.202. The second-order valence-corrected chi connectivity index (χ2v) is 7.64. The Hall–Kier alpha value is -2.27. The highest BCUT2D eigenvalue weighted by molar-refractivity contribution is 6.32. The predicted octanol–water partition coefficient (Wildman–Crippen LogP) is 4.24. The summed E-state index contributed by atoms with van der Waals surface area (Å²) in [6.07, 6.45) is 2.11. The molecule has 2 aliphatic rings. The van der Waals surface area contributed by atoms with Crippen LogP contribution in [0, 0.1) is 0 Å². The fourth-order valence-electron chi connectivity index (χ4n) is 3.61. The van der Waals surface area contributed by atoms with Crippen LogP contribution in [0.2, 0.25) is 10.0 Å². The highest BCUT2D eigenvalue weighted by Gasteiger charge is 2.32. The lowest BCUT2D eigenvalue weighted by Gasteiger charge is -2.36. The molecule has 0 fully saturated rings. The third-order valence-electron chi connectivity index (χ3n) is 4.81. The monoisotopic (exact) mass is 398 g/mol. The van der Waals surface area contributed by atoms with Crippen molar-refractivity contribution in [2.24, 2.45) is 10.7 Å². The third-order valence-corrected chi connectivity index (χ3v) is 5.50. The maximum atomic E-state index is 6.46. The predicted molar refractivity (Wildman–Crippen MR) is 113 cm³/mol. The van der Waals surface area contributed by atoms with E-state index in [4.69, 9.17) is 28.9 Å². The van der Waals surface area contributed by atoms with Gasteiger partial charge in [0.15, 0.2) is 5.96 Å². The largest absolute Gasteiger partial charge is 0.370 e. The van der Waals surface area contributed by atoms with Gasteiger partial charge in [-0.1, -0.05) is 59.6 Å². The molecule has 0 saturated heterocycles. The lowest BCUT2D eigenvalue weighted by molar-refractivity contribution is 0.368. The number of hydrogen-bond donors (Lipinski definition) is 2. The lowest BCUT2D eigenvalue weighted by atomic mass is 9.89. The number of halogens is 2. The molecule has 138 valence electrons. The van der Waals surface area contributed by atoms with E-state index in [9.17, 15) is 0 Å². The fourth-order valence-corrected chi connectivity index (χ4v) is 4.04. The van der Waals surface area contributed by atoms with Crippen LogP contribution < -0.4 is 11.1 Å². The Labute approximate surface area is 169 Å². The Bertz CT molecular complexity index is 978. The molecule has 6 heteroatoms. The summed E-state index contributed by atoms with van der Waals surface area (Å²) in [4.78, 5) is 6.91. The second kappa shape index (κ2) is 7.39. The van der Waals surface area contributed by atoms with Gasteiger partial charge in [-0.25, -0.2) is 4.99 Å². The second-order valence-electron chi connectivity index (χ2n) is 6.83. The van der Waals surface area contributed by atoms with Crippen LogP contribution in [0.15, 0.2) is 70.4 Å². The summed E-state index contributed by atoms with van der Waals surface area (Å²) in [5, 5.41) is 4.69. The number of benzene rings is 2. The van der Waals surface area contributed by atoms with Gasteiger partial charge in [-0.15, -0.1) is 0 Å². The van der Waals surface area contributed by atoms with Crippen molar-refractivity contribution in [2.75, 3.05) is 20.1 Å². The molecule has 1 atom stereocenters. The summed E-state index contributed by atoms with van der Waals surface area (Å²) in [7, 11) is 2.09. The zero-order valence-corrected chi connectivity index (χ0v) is 16.4. The Morgan fingerprint density at radius 3 is 2.52 bits per heavy atom. The average Bonchev–Trinajstić information content (AvgIpc) is 2.64. The molecule has 27 heavy (non-hydrogen) atoms. The first-order valence-corrected chi connectivity index (χ1v) is 9.50. The maximum absolute atomic E-state index is 6.46. The van der Waals surface area contributed by atoms with Crippen molar-refractivity contribution in [1.82, 2.24) is 10.2 Å². The van der Waals surface area contributed by atoms with Gasteiger partial charge in [-0.2, -0.15) is 0 Å². The highest BCUT2D eigenvalue weighted by atomic mass is 35.5. The zero-order valence-electron chi connectivity index (χ0n) is 14.9. The van der Waals surface area contributed by atoms with Crippen LogP contribution >= 0.6 is 23.2 Å². The van der Waals surface area contributed by atoms with Gasteiger partial charge in [0.25, 0.3) is 0 Å². The molecule has 0 saturated carbocycles. The highest BCUT2D eigenvalue weighted by Crippen LogP contribution is 2.38. The van der Waals surface area contributed by atoms with E-state index in [1.165, 1.54) is 0 Å². The van der Waals surface area contributed by atoms with E-state index >= 15 is 0 Å². The maximum Gasteiger partial charge on any atom is 0.194 e. The van der Waals surface area contributed by atoms with Crippen molar-refractivity contribution in [3.05, 3.63) is 86.5 Å². The van der Waals surface area contributed by atoms with Gasteiger partial charge in [0.1, 0.15) is 6.04 Å². The molecule has 0 bridgehead atoms. The number of guanidine groups is 1. The number of nitrogens with zero attached hydrogens (tertiary/aromatic N) is 2. The molecular formula is C21H20Cl2N4. The molecule has 4 rings (SSSR count). The van der Waals surface area contributed by atoms with E-state index in [-0.39, 0.29) is 6.04 Å². The topological polar surface area (TPSA) is 53.6 Å². The molecule has 0 aliphatic carbocycles. The van der Waals surface area contributed by atoms with Gasteiger partial charge in [-0.05, 0) is 47.5 Å². The van der Waals surface area contributed by atoms with Gasteiger partial charge in [0.05, 0.1) is 0 Å². The van der Waals surface area contributed by atoms with E-state index in [1.54, 1.807) is 0 Å². The normalized spacial score (nSPS) is 21.7. The van der Waals surface area contributed by atoms with Crippen LogP contribution in [0.1, 0.15) is 17.2 Å². The minimum atomic E-state index is -0.202. The van der Waals surface area contributed by atoms with Crippen molar-refractivity contribution in [3.63, 3.8) is 0 Å². The van der Waals surface area contributed by atoms with Gasteiger partial charge >= 0.3 is 0 Å². The van der Waals surface area contributed by atoms with E-state index in [1.807, 2.05) is 48.5 Å². The molecule has 0 amide bonds. The smallest absolute Gasteiger partial charge is 0.194 e. The molecule has 2 aromatic rings. The summed E-state index contributed by atoms with van der Waals surface area (Å²) in [6, 6.07) is 15.4. The molecule has 0 radical (unpaired) electrons. The Morgan fingerprint density at radius 2 is 1.78 bits per heavy atom. The fraction of sp³-hybridized carbons (Fsp3) is 0.190. The van der Waals surface area contributed by atoms with Gasteiger partial charge in [0, 0.05) is 28.8 Å². The molecule has 2 heterocycles. The molecular weight excluding hydrogens is 379 g/mol. The zero-order chi connectivity index (χ0) is 19.0. The molecule has 2 aromatic carbocycles. The minimum Gasteiger partial charge on any atom is -0.370 e. The summed E-state index contributed by atoms with van der Waals surface area (Å²) >= 11 is 12.8. The van der Waals surface area contributed by atoms with Crippen LogP contribution in [0.5, 0.6) is 0 Å². The number of likely N-dealkylation sites (N-methyl/N-ethyl adjacent to an activating group) is 1. The number of aliphatic imine (C=N–C) groups is 1. The summed E-state index contributed by atoms with van der Waals surface area (Å²) in [6.45, 7) is 1.58. The van der Waals surface area contributed by atoms with Crippen LogP contribution in [0.4, 0.5) is 0 Å². The van der Waals surface area contributed by atoms with E-state index in [0.29, 0.717) is 11.0 Å². The first kappa shape index (κ1) is 18.1. The third kappa shape index (κ3) is 3.61. The van der Waals surface area contributed by atoms with Gasteiger partial charge in [-0.3, -0.25) is 4.90 Å².